The van der Waals surface area contributed by atoms with Crippen LogP contribution in [0.1, 0.15) is 0 Å². The van der Waals surface area contributed by atoms with Gasteiger partial charge in [0.1, 0.15) is 24.0 Å². The van der Waals surface area contributed by atoms with Gasteiger partial charge in [0, 0.05) is 18.2 Å². The Kier molecular flexibility index (Phi) is 4.30. The summed E-state index contributed by atoms with van der Waals surface area (Å²) in [6.45, 7) is 2.00. The van der Waals surface area contributed by atoms with E-state index in [1.165, 1.54) is 25.3 Å². The molecule has 66 valence electrons. The topological polar surface area (TPSA) is 66.8 Å². The number of carbonyl (C=O) groups excluding carboxylic acids is 1. The number of rotatable bonds is 1. The Morgan fingerprint density at radius 3 is 1.92 bits per heavy atom. The molecule has 0 bridgehead atoms. The number of hydrogen-bond donors (Lipinski definition) is 2. The number of methoxy groups -OCH3 is 1. The summed E-state index contributed by atoms with van der Waals surface area (Å²) in [6.07, 6.45) is 0. The first-order valence-corrected chi connectivity index (χ1v) is 3.08. The summed E-state index contributed by atoms with van der Waals surface area (Å²) >= 11 is 0. The van der Waals surface area contributed by atoms with E-state index in [0.29, 0.717) is 5.75 Å². The van der Waals surface area contributed by atoms with Gasteiger partial charge < -0.3 is 19.7 Å². The molecule has 0 spiro atoms. The maximum atomic E-state index is 8.88. The second-order valence-corrected chi connectivity index (χ2v) is 1.89. The smallest absolute Gasteiger partial charge is 0.126 e. The summed E-state index contributed by atoms with van der Waals surface area (Å²) < 4.78 is 4.76. The maximum Gasteiger partial charge on any atom is 0.126 e. The number of phenols is 2. The van der Waals surface area contributed by atoms with Crippen LogP contribution in [-0.2, 0) is 4.79 Å². The average Bonchev–Trinajstić information content (AvgIpc) is 2.06. The molecule has 0 amide bonds. The molecule has 0 atom stereocenters. The van der Waals surface area contributed by atoms with Crippen LogP contribution in [0, 0.1) is 0 Å². The Balaban J connectivity index is 0.000000561. The van der Waals surface area contributed by atoms with Crippen LogP contribution in [0.15, 0.2) is 18.2 Å². The van der Waals surface area contributed by atoms with Gasteiger partial charge in [-0.3, -0.25) is 0 Å². The monoisotopic (exact) mass is 170 g/mol. The lowest BCUT2D eigenvalue weighted by atomic mass is 10.3. The van der Waals surface area contributed by atoms with Crippen LogP contribution in [0.5, 0.6) is 17.2 Å². The van der Waals surface area contributed by atoms with Gasteiger partial charge >= 0.3 is 0 Å². The zero-order valence-electron chi connectivity index (χ0n) is 6.65. The second-order valence-electron chi connectivity index (χ2n) is 1.89. The van der Waals surface area contributed by atoms with Crippen molar-refractivity contribution in [3.63, 3.8) is 0 Å². The van der Waals surface area contributed by atoms with Gasteiger partial charge in [0.25, 0.3) is 0 Å². The van der Waals surface area contributed by atoms with Crippen molar-refractivity contribution in [2.75, 3.05) is 7.11 Å². The molecule has 0 radical (unpaired) electrons. The Morgan fingerprint density at radius 1 is 1.17 bits per heavy atom. The highest BCUT2D eigenvalue weighted by Crippen LogP contribution is 2.24. The molecular formula is C8H10O4. The standard InChI is InChI=1S/C7H8O3.CH2O/c1-10-7-3-5(8)2-6(9)4-7;1-2/h2-4,8-9H,1H3;1H2. The number of phenolic OH excluding ortho intramolecular Hbond substituents is 2. The van der Waals surface area contributed by atoms with E-state index >= 15 is 0 Å². The minimum absolute atomic E-state index is 0.00292. The first-order valence-electron chi connectivity index (χ1n) is 3.08. The molecule has 4 heteroatoms. The number of aromatic hydroxyl groups is 2. The summed E-state index contributed by atoms with van der Waals surface area (Å²) in [5.74, 6) is 0.436. The lowest BCUT2D eigenvalue weighted by molar-refractivity contribution is -0.0979. The van der Waals surface area contributed by atoms with Crippen LogP contribution in [0.2, 0.25) is 0 Å². The highest BCUT2D eigenvalue weighted by Gasteiger charge is 1.96. The number of hydrogen-bond acceptors (Lipinski definition) is 4. The van der Waals surface area contributed by atoms with Crippen molar-refractivity contribution in [1.82, 2.24) is 0 Å². The van der Waals surface area contributed by atoms with Crippen LogP contribution in [0.3, 0.4) is 0 Å². The fourth-order valence-electron chi connectivity index (χ4n) is 0.686. The van der Waals surface area contributed by atoms with E-state index in [4.69, 9.17) is 19.7 Å². The van der Waals surface area contributed by atoms with E-state index in [2.05, 4.69) is 0 Å². The summed E-state index contributed by atoms with van der Waals surface area (Å²) in [4.78, 5) is 8.00. The molecule has 0 saturated carbocycles. The molecule has 1 aromatic rings. The molecular weight excluding hydrogens is 160 g/mol. The molecule has 0 fully saturated rings. The van der Waals surface area contributed by atoms with Crippen molar-refractivity contribution in [3.8, 4) is 17.2 Å². The quantitative estimate of drug-likeness (QED) is 0.657. The second kappa shape index (κ2) is 5.01. The third-order valence-corrected chi connectivity index (χ3v) is 1.11. The third-order valence-electron chi connectivity index (χ3n) is 1.11. The van der Waals surface area contributed by atoms with Crippen molar-refractivity contribution in [1.29, 1.82) is 0 Å². The molecule has 0 aromatic heterocycles. The Hall–Kier alpha value is -1.71. The van der Waals surface area contributed by atoms with Gasteiger partial charge in [-0.25, -0.2) is 0 Å². The van der Waals surface area contributed by atoms with Crippen molar-refractivity contribution in [2.24, 2.45) is 0 Å². The number of ether oxygens (including phenoxy) is 1. The van der Waals surface area contributed by atoms with Gasteiger partial charge in [-0.05, 0) is 0 Å². The molecule has 4 nitrogen and oxygen atoms in total. The van der Waals surface area contributed by atoms with Crippen molar-refractivity contribution < 1.29 is 19.7 Å². The van der Waals surface area contributed by atoms with Gasteiger partial charge in [0.05, 0.1) is 7.11 Å². The third kappa shape index (κ3) is 2.92. The molecule has 0 aliphatic carbocycles. The van der Waals surface area contributed by atoms with Crippen LogP contribution in [-0.4, -0.2) is 24.1 Å². The Labute approximate surface area is 70.0 Å². The zero-order chi connectivity index (χ0) is 9.56. The molecule has 0 saturated heterocycles. The molecule has 2 N–H and O–H groups in total. The molecule has 1 rings (SSSR count). The molecule has 0 aliphatic rings. The van der Waals surface area contributed by atoms with Gasteiger partial charge in [-0.1, -0.05) is 0 Å². The van der Waals surface area contributed by atoms with E-state index < -0.39 is 0 Å². The minimum Gasteiger partial charge on any atom is -0.508 e. The van der Waals surface area contributed by atoms with E-state index in [0.717, 1.165) is 0 Å². The lowest BCUT2D eigenvalue weighted by Crippen LogP contribution is -1.80. The molecule has 0 aliphatic heterocycles. The molecule has 0 heterocycles. The number of benzene rings is 1. The Morgan fingerprint density at radius 2 is 1.58 bits per heavy atom. The van der Waals surface area contributed by atoms with Crippen molar-refractivity contribution in [3.05, 3.63) is 18.2 Å². The van der Waals surface area contributed by atoms with Gasteiger partial charge in [-0.2, -0.15) is 0 Å². The normalized spacial score (nSPS) is 8.08. The first-order chi connectivity index (χ1) is 5.72. The van der Waals surface area contributed by atoms with Gasteiger partial charge in [-0.15, -0.1) is 0 Å². The highest BCUT2D eigenvalue weighted by molar-refractivity contribution is 5.40. The predicted octanol–water partition coefficient (Wildman–Crippen LogP) is 0.921. The summed E-state index contributed by atoms with van der Waals surface area (Å²) in [6, 6.07) is 4.07. The molecule has 12 heavy (non-hydrogen) atoms. The minimum atomic E-state index is -0.00292. The molecule has 0 unspecified atom stereocenters. The highest BCUT2D eigenvalue weighted by atomic mass is 16.5. The summed E-state index contributed by atoms with van der Waals surface area (Å²) in [5, 5.41) is 17.8. The zero-order valence-corrected chi connectivity index (χ0v) is 6.65. The van der Waals surface area contributed by atoms with E-state index in [-0.39, 0.29) is 11.5 Å². The van der Waals surface area contributed by atoms with Crippen LogP contribution >= 0.6 is 0 Å². The fourth-order valence-corrected chi connectivity index (χ4v) is 0.686. The number of carbonyl (C=O) groups is 1. The van der Waals surface area contributed by atoms with Gasteiger partial charge in [0.15, 0.2) is 0 Å². The van der Waals surface area contributed by atoms with Crippen LogP contribution < -0.4 is 4.74 Å². The van der Waals surface area contributed by atoms with Crippen LogP contribution in [0.4, 0.5) is 0 Å². The predicted molar refractivity (Wildman–Crippen MR) is 43.4 cm³/mol. The van der Waals surface area contributed by atoms with E-state index in [1.807, 2.05) is 6.79 Å². The van der Waals surface area contributed by atoms with Gasteiger partial charge in [0.2, 0.25) is 0 Å². The van der Waals surface area contributed by atoms with Crippen LogP contribution in [0.25, 0.3) is 0 Å². The average molecular weight is 170 g/mol. The summed E-state index contributed by atoms with van der Waals surface area (Å²) in [7, 11) is 1.47. The summed E-state index contributed by atoms with van der Waals surface area (Å²) in [5.41, 5.74) is 0. The van der Waals surface area contributed by atoms with E-state index in [9.17, 15) is 0 Å². The van der Waals surface area contributed by atoms with Crippen molar-refractivity contribution >= 4 is 6.79 Å². The van der Waals surface area contributed by atoms with Crippen molar-refractivity contribution in [2.45, 2.75) is 0 Å². The fraction of sp³-hybridized carbons (Fsp3) is 0.125. The Bertz CT molecular complexity index is 227. The lowest BCUT2D eigenvalue weighted by Gasteiger charge is -1.99. The largest absolute Gasteiger partial charge is 0.508 e. The SMILES string of the molecule is C=O.COc1cc(O)cc(O)c1. The maximum absolute atomic E-state index is 8.88. The first kappa shape index (κ1) is 10.3. The molecule has 1 aromatic carbocycles. The van der Waals surface area contributed by atoms with E-state index in [1.54, 1.807) is 0 Å².